The zero-order valence-electron chi connectivity index (χ0n) is 16.1. The third-order valence-electron chi connectivity index (χ3n) is 4.54. The van der Waals surface area contributed by atoms with E-state index in [1.807, 2.05) is 4.90 Å². The fraction of sp³-hybridized carbons (Fsp3) is 0.300. The summed E-state index contributed by atoms with van der Waals surface area (Å²) in [5, 5.41) is 11.2. The maximum atomic E-state index is 12.5. The number of carbonyl (C=O) groups excluding carboxylic acids is 1. The van der Waals surface area contributed by atoms with Gasteiger partial charge in [-0.2, -0.15) is 0 Å². The maximum absolute atomic E-state index is 12.5. The summed E-state index contributed by atoms with van der Waals surface area (Å²) in [6.45, 7) is 1.69. The largest absolute Gasteiger partial charge is 0.497 e. The van der Waals surface area contributed by atoms with Crippen LogP contribution in [-0.2, 0) is 4.79 Å². The van der Waals surface area contributed by atoms with E-state index in [2.05, 4.69) is 16.8 Å². The first-order valence-corrected chi connectivity index (χ1v) is 8.90. The number of carbonyl (C=O) groups is 1. The van der Waals surface area contributed by atoms with Crippen LogP contribution in [0.4, 0.5) is 11.5 Å². The molecular weight excluding hydrogens is 376 g/mol. The van der Waals surface area contributed by atoms with Crippen LogP contribution >= 0.6 is 0 Å². The van der Waals surface area contributed by atoms with Crippen molar-refractivity contribution in [2.45, 2.75) is 0 Å². The number of rotatable bonds is 4. The number of hydrogen-bond donors (Lipinski definition) is 0. The molecule has 0 radical (unpaired) electrons. The molecule has 1 aromatic heterocycles. The number of nitrogens with zero attached hydrogens (tertiary/aromatic N) is 4. The van der Waals surface area contributed by atoms with Crippen LogP contribution in [-0.4, -0.2) is 61.1 Å². The first kappa shape index (κ1) is 19.9. The van der Waals surface area contributed by atoms with Crippen LogP contribution in [0.15, 0.2) is 36.5 Å². The summed E-state index contributed by atoms with van der Waals surface area (Å²) < 4.78 is 10.4. The zero-order chi connectivity index (χ0) is 20.8. The second-order valence-electron chi connectivity index (χ2n) is 6.20. The summed E-state index contributed by atoms with van der Waals surface area (Å²) in [7, 11) is 3.08. The van der Waals surface area contributed by atoms with Gasteiger partial charge in [0.2, 0.25) is 5.82 Å². The molecular formula is C20H20N4O5. The van der Waals surface area contributed by atoms with Gasteiger partial charge in [0.05, 0.1) is 24.7 Å². The van der Waals surface area contributed by atoms with Crippen LogP contribution in [0.25, 0.3) is 0 Å². The zero-order valence-corrected chi connectivity index (χ0v) is 16.1. The maximum Gasteiger partial charge on any atom is 0.311 e. The Morgan fingerprint density at radius 3 is 2.59 bits per heavy atom. The predicted octanol–water partition coefficient (Wildman–Crippen LogP) is 1.71. The fourth-order valence-electron chi connectivity index (χ4n) is 3.00. The van der Waals surface area contributed by atoms with Crippen molar-refractivity contribution in [3.8, 4) is 23.3 Å². The van der Waals surface area contributed by atoms with Gasteiger partial charge in [-0.3, -0.25) is 14.9 Å². The van der Waals surface area contributed by atoms with Crippen molar-refractivity contribution in [1.82, 2.24) is 9.88 Å². The lowest BCUT2D eigenvalue weighted by molar-refractivity contribution is -0.384. The molecule has 29 heavy (non-hydrogen) atoms. The Morgan fingerprint density at radius 1 is 1.17 bits per heavy atom. The normalized spacial score (nSPS) is 13.3. The molecule has 9 heteroatoms. The first-order valence-electron chi connectivity index (χ1n) is 8.90. The van der Waals surface area contributed by atoms with Gasteiger partial charge in [0.1, 0.15) is 11.5 Å². The predicted molar refractivity (Wildman–Crippen MR) is 106 cm³/mol. The first-order chi connectivity index (χ1) is 14.0. The minimum absolute atomic E-state index is 0.0429. The summed E-state index contributed by atoms with van der Waals surface area (Å²) in [5.74, 6) is 6.65. The number of anilines is 1. The number of hydrogen-bond acceptors (Lipinski definition) is 7. The van der Waals surface area contributed by atoms with E-state index in [0.717, 1.165) is 0 Å². The average Bonchev–Trinajstić information content (AvgIpc) is 2.77. The van der Waals surface area contributed by atoms with Gasteiger partial charge < -0.3 is 19.3 Å². The van der Waals surface area contributed by atoms with Crippen molar-refractivity contribution in [2.75, 3.05) is 45.3 Å². The lowest BCUT2D eigenvalue weighted by Gasteiger charge is -2.34. The summed E-state index contributed by atoms with van der Waals surface area (Å²) in [6, 6.07) is 8.14. The van der Waals surface area contributed by atoms with Gasteiger partial charge in [0, 0.05) is 50.4 Å². The smallest absolute Gasteiger partial charge is 0.311 e. The third-order valence-corrected chi connectivity index (χ3v) is 4.54. The number of benzene rings is 1. The Morgan fingerprint density at radius 2 is 1.93 bits per heavy atom. The molecule has 1 saturated heterocycles. The number of methoxy groups -OCH3 is 2. The summed E-state index contributed by atoms with van der Waals surface area (Å²) in [4.78, 5) is 30.8. The van der Waals surface area contributed by atoms with Gasteiger partial charge in [-0.05, 0) is 18.2 Å². The minimum Gasteiger partial charge on any atom is -0.497 e. The molecule has 0 saturated carbocycles. The van der Waals surface area contributed by atoms with Crippen molar-refractivity contribution in [3.63, 3.8) is 0 Å². The summed E-state index contributed by atoms with van der Waals surface area (Å²) >= 11 is 0. The standard InChI is InChI=1S/C20H20N4O5/c1-28-16-7-5-15(18(14-16)29-2)6-8-19(25)22-10-12-23(13-11-22)20-17(24(26)27)4-3-9-21-20/h3-5,7,9,14H,10-13H2,1-2H3. The number of ether oxygens (including phenoxy) is 2. The van der Waals surface area contributed by atoms with E-state index in [9.17, 15) is 14.9 Å². The molecule has 1 aromatic carbocycles. The molecule has 150 valence electrons. The van der Waals surface area contributed by atoms with Crippen LogP contribution in [0, 0.1) is 22.0 Å². The molecule has 0 N–H and O–H groups in total. The van der Waals surface area contributed by atoms with E-state index in [1.54, 1.807) is 30.2 Å². The van der Waals surface area contributed by atoms with Crippen LogP contribution in [0.3, 0.4) is 0 Å². The lowest BCUT2D eigenvalue weighted by atomic mass is 10.2. The number of aromatic nitrogens is 1. The molecule has 0 unspecified atom stereocenters. The minimum atomic E-state index is -0.451. The Hall–Kier alpha value is -3.80. The van der Waals surface area contributed by atoms with Gasteiger partial charge in [0.15, 0.2) is 0 Å². The molecule has 0 spiro atoms. The van der Waals surface area contributed by atoms with E-state index in [-0.39, 0.29) is 11.6 Å². The molecule has 9 nitrogen and oxygen atoms in total. The molecule has 1 fully saturated rings. The molecule has 1 aliphatic rings. The molecule has 0 atom stereocenters. The highest BCUT2D eigenvalue weighted by atomic mass is 16.6. The Kier molecular flexibility index (Phi) is 6.14. The van der Waals surface area contributed by atoms with Gasteiger partial charge >= 0.3 is 5.69 Å². The van der Waals surface area contributed by atoms with Crippen molar-refractivity contribution in [1.29, 1.82) is 0 Å². The monoisotopic (exact) mass is 396 g/mol. The van der Waals surface area contributed by atoms with Gasteiger partial charge in [0.25, 0.3) is 5.91 Å². The van der Waals surface area contributed by atoms with Crippen molar-refractivity contribution in [3.05, 3.63) is 52.2 Å². The highest BCUT2D eigenvalue weighted by Crippen LogP contribution is 2.26. The second kappa shape index (κ2) is 8.93. The number of nitro groups is 1. The van der Waals surface area contributed by atoms with Crippen molar-refractivity contribution in [2.24, 2.45) is 0 Å². The number of piperazine rings is 1. The Bertz CT molecular complexity index is 974. The molecule has 1 aliphatic heterocycles. The van der Waals surface area contributed by atoms with Gasteiger partial charge in [-0.1, -0.05) is 5.92 Å². The number of amides is 1. The average molecular weight is 396 g/mol. The quantitative estimate of drug-likeness (QED) is 0.441. The molecule has 1 amide bonds. The molecule has 2 aromatic rings. The van der Waals surface area contributed by atoms with E-state index in [0.29, 0.717) is 49.1 Å². The highest BCUT2D eigenvalue weighted by molar-refractivity contribution is 5.94. The van der Waals surface area contributed by atoms with Crippen molar-refractivity contribution >= 4 is 17.4 Å². The lowest BCUT2D eigenvalue weighted by Crippen LogP contribution is -2.48. The van der Waals surface area contributed by atoms with Crippen molar-refractivity contribution < 1.29 is 19.2 Å². The Labute approximate surface area is 168 Å². The highest BCUT2D eigenvalue weighted by Gasteiger charge is 2.26. The van der Waals surface area contributed by atoms with Crippen LogP contribution < -0.4 is 14.4 Å². The van der Waals surface area contributed by atoms with Gasteiger partial charge in [-0.25, -0.2) is 4.98 Å². The van der Waals surface area contributed by atoms with Crippen LogP contribution in [0.5, 0.6) is 11.5 Å². The third kappa shape index (κ3) is 4.55. The fourth-order valence-corrected chi connectivity index (χ4v) is 3.00. The van der Waals surface area contributed by atoms with Crippen LogP contribution in [0.2, 0.25) is 0 Å². The second-order valence-corrected chi connectivity index (χ2v) is 6.20. The molecule has 0 bridgehead atoms. The molecule has 3 rings (SSSR count). The van der Waals surface area contributed by atoms with E-state index in [4.69, 9.17) is 9.47 Å². The molecule has 0 aliphatic carbocycles. The SMILES string of the molecule is COc1ccc(C#CC(=O)N2CCN(c3ncccc3[N+](=O)[O-])CC2)c(OC)c1. The summed E-state index contributed by atoms with van der Waals surface area (Å²) in [5.41, 5.74) is 0.545. The number of pyridine rings is 1. The van der Waals surface area contributed by atoms with Crippen LogP contribution in [0.1, 0.15) is 5.56 Å². The van der Waals surface area contributed by atoms with E-state index >= 15 is 0 Å². The van der Waals surface area contributed by atoms with E-state index in [1.165, 1.54) is 25.4 Å². The van der Waals surface area contributed by atoms with E-state index < -0.39 is 4.92 Å². The molecule has 2 heterocycles. The van der Waals surface area contributed by atoms with Gasteiger partial charge in [-0.15, -0.1) is 0 Å². The Balaban J connectivity index is 1.66. The summed E-state index contributed by atoms with van der Waals surface area (Å²) in [6.07, 6.45) is 1.52. The topological polar surface area (TPSA) is 98.0 Å².